The number of aliphatic carboxylic acids is 1. The van der Waals surface area contributed by atoms with E-state index in [4.69, 9.17) is 14.6 Å². The maximum atomic E-state index is 10.8. The molecule has 1 saturated heterocycles. The van der Waals surface area contributed by atoms with Gasteiger partial charge in [0.05, 0.1) is 6.61 Å². The molecule has 0 saturated carbocycles. The van der Waals surface area contributed by atoms with E-state index in [2.05, 4.69) is 65.0 Å². The minimum Gasteiger partial charge on any atom is -0.478 e. The SMILES string of the molecule is CC(=CCCC(C)=CCCC(C)=CCOC1CCCCO1)CCC=C(C)CCC=C(C)CCC=C(C)C(=O)O. The molecule has 39 heavy (non-hydrogen) atoms. The van der Waals surface area contributed by atoms with Crippen molar-refractivity contribution in [3.05, 3.63) is 69.9 Å². The van der Waals surface area contributed by atoms with Crippen LogP contribution in [0, 0.1) is 0 Å². The van der Waals surface area contributed by atoms with Crippen LogP contribution in [0.2, 0.25) is 0 Å². The fourth-order valence-corrected chi connectivity index (χ4v) is 4.44. The fraction of sp³-hybridized carbons (Fsp3) is 0.629. The zero-order valence-electron chi connectivity index (χ0n) is 25.8. The van der Waals surface area contributed by atoms with Crippen LogP contribution >= 0.6 is 0 Å². The first kappa shape index (κ1) is 34.9. The summed E-state index contributed by atoms with van der Waals surface area (Å²) in [6.45, 7) is 14.2. The molecular formula is C35H56O4. The number of rotatable bonds is 19. The summed E-state index contributed by atoms with van der Waals surface area (Å²) in [6, 6.07) is 0. The first-order valence-corrected chi connectivity index (χ1v) is 15.1. The largest absolute Gasteiger partial charge is 0.478 e. The molecule has 4 nitrogen and oxygen atoms in total. The number of hydrogen-bond acceptors (Lipinski definition) is 3. The van der Waals surface area contributed by atoms with Crippen LogP contribution in [0.15, 0.2) is 69.9 Å². The minimum absolute atomic E-state index is 0.00362. The number of carbonyl (C=O) groups is 1. The first-order valence-electron chi connectivity index (χ1n) is 15.1. The number of carboxylic acid groups (broad SMARTS) is 1. The molecule has 0 aromatic heterocycles. The van der Waals surface area contributed by atoms with Gasteiger partial charge in [-0.15, -0.1) is 0 Å². The molecule has 220 valence electrons. The van der Waals surface area contributed by atoms with E-state index < -0.39 is 5.97 Å². The second kappa shape index (κ2) is 21.6. The quantitative estimate of drug-likeness (QED) is 0.131. The van der Waals surface area contributed by atoms with Crippen LogP contribution < -0.4 is 0 Å². The van der Waals surface area contributed by atoms with Crippen LogP contribution in [0.25, 0.3) is 0 Å². The molecule has 1 atom stereocenters. The number of hydrogen-bond donors (Lipinski definition) is 1. The third kappa shape index (κ3) is 19.5. The Balaban J connectivity index is 2.19. The van der Waals surface area contributed by atoms with E-state index >= 15 is 0 Å². The summed E-state index contributed by atoms with van der Waals surface area (Å²) in [5.74, 6) is -0.827. The van der Waals surface area contributed by atoms with Crippen LogP contribution in [0.3, 0.4) is 0 Å². The van der Waals surface area contributed by atoms with Crippen LogP contribution in [-0.4, -0.2) is 30.6 Å². The normalized spacial score (nSPS) is 18.6. The van der Waals surface area contributed by atoms with Gasteiger partial charge >= 0.3 is 5.97 Å². The summed E-state index contributed by atoms with van der Waals surface area (Å²) in [4.78, 5) is 10.8. The average Bonchev–Trinajstić information content (AvgIpc) is 2.89. The van der Waals surface area contributed by atoms with Crippen LogP contribution in [0.5, 0.6) is 0 Å². The van der Waals surface area contributed by atoms with E-state index in [-0.39, 0.29) is 6.29 Å². The molecule has 1 unspecified atom stereocenters. The predicted molar refractivity (Wildman–Crippen MR) is 166 cm³/mol. The van der Waals surface area contributed by atoms with Gasteiger partial charge in [-0.1, -0.05) is 64.3 Å². The van der Waals surface area contributed by atoms with E-state index in [1.165, 1.54) is 34.3 Å². The molecule has 1 fully saturated rings. The highest BCUT2D eigenvalue weighted by atomic mass is 16.7. The first-order chi connectivity index (χ1) is 18.7. The van der Waals surface area contributed by atoms with Gasteiger partial charge in [0.1, 0.15) is 0 Å². The lowest BCUT2D eigenvalue weighted by Crippen LogP contribution is -2.22. The van der Waals surface area contributed by atoms with E-state index in [1.54, 1.807) is 6.92 Å². The summed E-state index contributed by atoms with van der Waals surface area (Å²) in [6.07, 6.45) is 27.4. The van der Waals surface area contributed by atoms with Crippen molar-refractivity contribution in [2.75, 3.05) is 13.2 Å². The standard InChI is InChI=1S/C35H56O4/c1-28(14-9-15-29(2)18-11-19-31(4)22-13-23-33(6)35(36)37)16-10-17-30(3)20-12-21-32(5)25-27-39-34-24-7-8-26-38-34/h15-16,19-20,23,25,34H,7-14,17-18,21-22,24,26-27H2,1-6H3,(H,36,37). The van der Waals surface area contributed by atoms with Gasteiger partial charge in [-0.05, 0) is 125 Å². The van der Waals surface area contributed by atoms with Crippen molar-refractivity contribution in [3.8, 4) is 0 Å². The summed E-state index contributed by atoms with van der Waals surface area (Å²) in [5, 5.41) is 8.91. The summed E-state index contributed by atoms with van der Waals surface area (Å²) in [7, 11) is 0. The maximum absolute atomic E-state index is 10.8. The third-order valence-electron chi connectivity index (χ3n) is 7.30. The van der Waals surface area contributed by atoms with Gasteiger partial charge in [0.25, 0.3) is 0 Å². The second-order valence-corrected chi connectivity index (χ2v) is 11.3. The van der Waals surface area contributed by atoms with Crippen LogP contribution in [0.4, 0.5) is 0 Å². The number of allylic oxidation sites excluding steroid dienone is 10. The van der Waals surface area contributed by atoms with Gasteiger partial charge < -0.3 is 14.6 Å². The van der Waals surface area contributed by atoms with Crippen LogP contribution in [-0.2, 0) is 14.3 Å². The maximum Gasteiger partial charge on any atom is 0.330 e. The van der Waals surface area contributed by atoms with Gasteiger partial charge in [-0.25, -0.2) is 4.79 Å². The molecule has 1 aliphatic heterocycles. The Morgan fingerprint density at radius 1 is 0.667 bits per heavy atom. The van der Waals surface area contributed by atoms with Crippen molar-refractivity contribution in [2.24, 2.45) is 0 Å². The molecule has 0 aliphatic carbocycles. The van der Waals surface area contributed by atoms with E-state index in [1.807, 2.05) is 6.08 Å². The Morgan fingerprint density at radius 2 is 1.08 bits per heavy atom. The smallest absolute Gasteiger partial charge is 0.330 e. The molecule has 0 spiro atoms. The van der Waals surface area contributed by atoms with Crippen molar-refractivity contribution in [1.29, 1.82) is 0 Å². The predicted octanol–water partition coefficient (Wildman–Crippen LogP) is 10.2. The molecular weight excluding hydrogens is 484 g/mol. The van der Waals surface area contributed by atoms with Crippen molar-refractivity contribution in [1.82, 2.24) is 0 Å². The van der Waals surface area contributed by atoms with Gasteiger partial charge in [0, 0.05) is 12.2 Å². The van der Waals surface area contributed by atoms with Crippen molar-refractivity contribution in [2.45, 2.75) is 131 Å². The highest BCUT2D eigenvalue weighted by molar-refractivity contribution is 5.85. The van der Waals surface area contributed by atoms with E-state index in [9.17, 15) is 4.79 Å². The minimum atomic E-state index is -0.827. The fourth-order valence-electron chi connectivity index (χ4n) is 4.44. The molecule has 0 amide bonds. The lowest BCUT2D eigenvalue weighted by atomic mass is 10.0. The Labute approximate surface area is 239 Å². The van der Waals surface area contributed by atoms with Gasteiger partial charge in [-0.3, -0.25) is 0 Å². The molecule has 1 heterocycles. The molecule has 0 bridgehead atoms. The van der Waals surface area contributed by atoms with Gasteiger partial charge in [0.15, 0.2) is 6.29 Å². The molecule has 1 aliphatic rings. The number of ether oxygens (including phenoxy) is 2. The van der Waals surface area contributed by atoms with Gasteiger partial charge in [0.2, 0.25) is 0 Å². The molecule has 4 heteroatoms. The highest BCUT2D eigenvalue weighted by Gasteiger charge is 2.12. The van der Waals surface area contributed by atoms with Gasteiger partial charge in [-0.2, -0.15) is 0 Å². The lowest BCUT2D eigenvalue weighted by Gasteiger charge is -2.22. The van der Waals surface area contributed by atoms with E-state index in [0.29, 0.717) is 12.2 Å². The number of carboxylic acids is 1. The third-order valence-corrected chi connectivity index (χ3v) is 7.30. The Bertz CT molecular complexity index is 892. The summed E-state index contributed by atoms with van der Waals surface area (Å²) < 4.78 is 11.4. The topological polar surface area (TPSA) is 55.8 Å². The van der Waals surface area contributed by atoms with Crippen molar-refractivity contribution >= 4 is 5.97 Å². The highest BCUT2D eigenvalue weighted by Crippen LogP contribution is 2.17. The molecule has 1 N–H and O–H groups in total. The van der Waals surface area contributed by atoms with Crippen LogP contribution in [0.1, 0.15) is 125 Å². The molecule has 0 aromatic carbocycles. The Morgan fingerprint density at radius 3 is 1.46 bits per heavy atom. The molecule has 0 radical (unpaired) electrons. The van der Waals surface area contributed by atoms with E-state index in [0.717, 1.165) is 83.7 Å². The Hall–Kier alpha value is -2.17. The zero-order valence-corrected chi connectivity index (χ0v) is 25.8. The summed E-state index contributed by atoms with van der Waals surface area (Å²) in [5.41, 5.74) is 7.56. The van der Waals surface area contributed by atoms with Crippen molar-refractivity contribution < 1.29 is 19.4 Å². The average molecular weight is 541 g/mol. The molecule has 1 rings (SSSR count). The molecule has 0 aromatic rings. The van der Waals surface area contributed by atoms with Crippen molar-refractivity contribution in [3.63, 3.8) is 0 Å². The summed E-state index contributed by atoms with van der Waals surface area (Å²) >= 11 is 0. The lowest BCUT2D eigenvalue weighted by molar-refractivity contribution is -0.155. The zero-order chi connectivity index (χ0) is 28.9. The second-order valence-electron chi connectivity index (χ2n) is 11.3. The Kier molecular flexibility index (Phi) is 19.3. The monoisotopic (exact) mass is 540 g/mol.